The molecule has 3 heterocycles. The number of methoxy groups -OCH3 is 1. The van der Waals surface area contributed by atoms with Crippen LogP contribution >= 0.6 is 0 Å². The third kappa shape index (κ3) is 18.3. The lowest BCUT2D eigenvalue weighted by atomic mass is 9.81. The number of rotatable bonds is 23. The monoisotopic (exact) mass is 1190 g/mol. The Morgan fingerprint density at radius 3 is 1.99 bits per heavy atom. The first-order valence-electron chi connectivity index (χ1n) is 29.0. The second-order valence-electron chi connectivity index (χ2n) is 22.4. The van der Waals surface area contributed by atoms with Crippen molar-refractivity contribution in [2.45, 2.75) is 63.0 Å². The van der Waals surface area contributed by atoms with Crippen LogP contribution < -0.4 is 25.4 Å². The number of benzene rings is 4. The van der Waals surface area contributed by atoms with Gasteiger partial charge in [-0.25, -0.2) is 8.78 Å². The number of nitrogens with one attached hydrogen (secondary N) is 3. The van der Waals surface area contributed by atoms with Gasteiger partial charge in [0.2, 0.25) is 17.7 Å². The minimum atomic E-state index is -3.20. The molecule has 0 unspecified atom stereocenters. The lowest BCUT2D eigenvalue weighted by molar-refractivity contribution is -0.140. The number of pyridine rings is 1. The lowest BCUT2D eigenvalue weighted by Crippen LogP contribution is -2.50. The molecule has 2 atom stereocenters. The van der Waals surface area contributed by atoms with Gasteiger partial charge in [0.05, 0.1) is 70.1 Å². The fourth-order valence-corrected chi connectivity index (χ4v) is 11.5. The Morgan fingerprint density at radius 1 is 0.744 bits per heavy atom. The van der Waals surface area contributed by atoms with Crippen molar-refractivity contribution in [1.29, 1.82) is 5.26 Å². The molecule has 22 nitrogen and oxygen atoms in total. The van der Waals surface area contributed by atoms with Crippen LogP contribution in [0.1, 0.15) is 54.4 Å². The molecule has 2 aliphatic heterocycles. The fraction of sp³-hybridized carbons (Fsp3) is 0.468. The number of nitriles is 1. The summed E-state index contributed by atoms with van der Waals surface area (Å²) in [6.45, 7) is 0.584. The number of nitrogens with zero attached hydrogens (tertiary/aromatic N) is 7. The van der Waals surface area contributed by atoms with Gasteiger partial charge in [-0.3, -0.25) is 58.1 Å². The number of carbonyl (C=O) groups excluding carboxylic acids is 4. The fourth-order valence-electron chi connectivity index (χ4n) is 11.5. The largest absolute Gasteiger partial charge is 0.497 e. The van der Waals surface area contributed by atoms with Crippen LogP contribution in [0.3, 0.4) is 0 Å². The minimum Gasteiger partial charge on any atom is -0.497 e. The highest BCUT2D eigenvalue weighted by Gasteiger charge is 2.47. The van der Waals surface area contributed by atoms with Crippen molar-refractivity contribution in [2.75, 3.05) is 112 Å². The van der Waals surface area contributed by atoms with Crippen molar-refractivity contribution in [3.63, 3.8) is 0 Å². The average Bonchev–Trinajstić information content (AvgIpc) is 2.56. The molecule has 0 bridgehead atoms. The van der Waals surface area contributed by atoms with E-state index in [1.807, 2.05) is 41.3 Å². The Morgan fingerprint density at radius 2 is 1.37 bits per heavy atom. The molecular formula is C62H74F2N10O12. The van der Waals surface area contributed by atoms with Crippen molar-refractivity contribution >= 4 is 63.2 Å². The third-order valence-corrected chi connectivity index (χ3v) is 16.2. The summed E-state index contributed by atoms with van der Waals surface area (Å²) >= 11 is 0. The highest BCUT2D eigenvalue weighted by atomic mass is 19.3. The molecule has 3 aliphatic rings. The van der Waals surface area contributed by atoms with Gasteiger partial charge >= 0.3 is 17.9 Å². The normalized spacial score (nSPS) is 19.5. The van der Waals surface area contributed by atoms with Crippen LogP contribution in [-0.2, 0) is 35.2 Å². The molecule has 5 aromatic rings. The van der Waals surface area contributed by atoms with Gasteiger partial charge < -0.3 is 45.6 Å². The van der Waals surface area contributed by atoms with Crippen molar-refractivity contribution < 1.29 is 67.1 Å². The van der Waals surface area contributed by atoms with Gasteiger partial charge in [0.1, 0.15) is 17.5 Å². The van der Waals surface area contributed by atoms with Crippen molar-refractivity contribution in [3.8, 4) is 28.7 Å². The summed E-state index contributed by atoms with van der Waals surface area (Å²) in [7, 11) is 1.54. The zero-order valence-corrected chi connectivity index (χ0v) is 48.1. The third-order valence-electron chi connectivity index (χ3n) is 16.2. The number of alkyl halides is 2. The topological polar surface area (TPSA) is 288 Å². The molecule has 2 saturated heterocycles. The molecular weight excluding hydrogens is 1110 g/mol. The van der Waals surface area contributed by atoms with Crippen LogP contribution in [0.4, 0.5) is 8.78 Å². The number of hydrogen-bond acceptors (Lipinski definition) is 15. The van der Waals surface area contributed by atoms with Crippen LogP contribution in [0.25, 0.3) is 32.8 Å². The summed E-state index contributed by atoms with van der Waals surface area (Å²) in [4.78, 5) is 102. The minimum absolute atomic E-state index is 0.00295. The highest BCUT2D eigenvalue weighted by molar-refractivity contribution is 6.08. The number of aromatic nitrogens is 1. The first-order chi connectivity index (χ1) is 41.3. The van der Waals surface area contributed by atoms with Gasteiger partial charge in [0.15, 0.2) is 0 Å². The molecule has 1 aromatic heterocycles. The van der Waals surface area contributed by atoms with E-state index in [2.05, 4.69) is 39.1 Å². The van der Waals surface area contributed by atoms with E-state index in [4.69, 9.17) is 9.47 Å². The average molecular weight is 1190 g/mol. The SMILES string of the molecule is COc1ccc(-c2ccc3nccc(C(=O)NCC(=O)N4CC(F)(F)C[C@H]4C#N)c3c2)c(OCC[C@@H](Cc2ccc3ccccc3c2)NC(=O)C2CCC(CNC(=O)CN3CCN(CC(=O)O)CCN(CC(=O)O)CCN(CC(=O)O)CC3)CC2)c1. The molecule has 3 fully saturated rings. The molecule has 4 amide bonds. The first kappa shape index (κ1) is 63.6. The summed E-state index contributed by atoms with van der Waals surface area (Å²) in [5, 5.41) is 49.6. The standard InChI is InChI=1S/C62H74F2N10O12/c1-85-49-13-14-50(46-12-15-53-52(30-46)51(16-18-66-53)61(84)68-35-56(76)74-40-62(63,64)32-48(74)33-65)54(31-49)86-27-17-47(29-42-8-9-43-4-2-3-5-45(43)28-42)69-60(83)44-10-6-41(7-11-44)34-67-55(75)36-70-19-21-71(37-57(77)78)23-25-73(39-59(81)82)26-24-72(22-20-70)38-58(79)80/h2-5,8-9,12-16,18,28,30-31,41,44,47-48H,6-7,10-11,17,19-27,29,32,34-40H2,1H3,(H,67,75)(H,68,84)(H,69,83)(H,77,78)(H,79,80)(H,81,82)/t41?,44?,47-,48-/m0/s1. The Hall–Kier alpha value is -8.37. The summed E-state index contributed by atoms with van der Waals surface area (Å²) in [6.07, 6.45) is 4.24. The van der Waals surface area contributed by atoms with E-state index >= 15 is 0 Å². The van der Waals surface area contributed by atoms with Crippen LogP contribution in [0.15, 0.2) is 91.1 Å². The number of amides is 4. The zero-order chi connectivity index (χ0) is 61.3. The van der Waals surface area contributed by atoms with E-state index in [0.717, 1.165) is 21.2 Å². The van der Waals surface area contributed by atoms with Crippen LogP contribution in [-0.4, -0.2) is 216 Å². The van der Waals surface area contributed by atoms with Crippen molar-refractivity contribution in [2.24, 2.45) is 11.8 Å². The van der Waals surface area contributed by atoms with Gasteiger partial charge in [-0.05, 0) is 90.3 Å². The number of aliphatic carboxylic acids is 3. The molecule has 6 N–H and O–H groups in total. The maximum Gasteiger partial charge on any atom is 0.317 e. The molecule has 8 rings (SSSR count). The molecule has 1 saturated carbocycles. The van der Waals surface area contributed by atoms with Gasteiger partial charge in [0, 0.05) is 107 Å². The van der Waals surface area contributed by atoms with Crippen LogP contribution in [0.5, 0.6) is 11.5 Å². The van der Waals surface area contributed by atoms with E-state index in [1.54, 1.807) is 45.0 Å². The molecule has 24 heteroatoms. The number of carbonyl (C=O) groups is 7. The molecule has 86 heavy (non-hydrogen) atoms. The zero-order valence-electron chi connectivity index (χ0n) is 48.1. The lowest BCUT2D eigenvalue weighted by Gasteiger charge is -2.33. The van der Waals surface area contributed by atoms with Crippen molar-refractivity contribution in [1.82, 2.24) is 45.4 Å². The van der Waals surface area contributed by atoms with Gasteiger partial charge in [-0.15, -0.1) is 0 Å². The van der Waals surface area contributed by atoms with Gasteiger partial charge in [0.25, 0.3) is 11.8 Å². The Labute approximate surface area is 497 Å². The number of hydrogen-bond donors (Lipinski definition) is 6. The second-order valence-corrected chi connectivity index (χ2v) is 22.4. The number of ether oxygens (including phenoxy) is 2. The van der Waals surface area contributed by atoms with E-state index in [9.17, 15) is 62.9 Å². The molecule has 4 aromatic carbocycles. The summed E-state index contributed by atoms with van der Waals surface area (Å²) in [6, 6.07) is 26.6. The molecule has 0 spiro atoms. The van der Waals surface area contributed by atoms with Crippen molar-refractivity contribution in [3.05, 3.63) is 102 Å². The maximum absolute atomic E-state index is 14.3. The van der Waals surface area contributed by atoms with Crippen LogP contribution in [0.2, 0.25) is 0 Å². The summed E-state index contributed by atoms with van der Waals surface area (Å²) in [5.74, 6) is -7.21. The van der Waals surface area contributed by atoms with Crippen LogP contribution in [0, 0.1) is 23.2 Å². The van der Waals surface area contributed by atoms with Gasteiger partial charge in [-0.1, -0.05) is 48.5 Å². The van der Waals surface area contributed by atoms with E-state index in [0.29, 0.717) is 105 Å². The number of carboxylic acid groups (broad SMARTS) is 3. The Balaban J connectivity index is 0.889. The van der Waals surface area contributed by atoms with E-state index in [-0.39, 0.29) is 94.2 Å². The predicted molar refractivity (Wildman–Crippen MR) is 314 cm³/mol. The van der Waals surface area contributed by atoms with E-state index in [1.165, 1.54) is 19.4 Å². The summed E-state index contributed by atoms with van der Waals surface area (Å²) in [5.41, 5.74) is 3.02. The second kappa shape index (κ2) is 30.1. The predicted octanol–water partition coefficient (Wildman–Crippen LogP) is 4.45. The highest BCUT2D eigenvalue weighted by Crippen LogP contribution is 2.37. The van der Waals surface area contributed by atoms with E-state index < -0.39 is 61.2 Å². The smallest absolute Gasteiger partial charge is 0.317 e. The number of likely N-dealkylation sites (tertiary alicyclic amines) is 1. The molecule has 1 aliphatic carbocycles. The summed E-state index contributed by atoms with van der Waals surface area (Å²) < 4.78 is 40.4. The molecule has 0 radical (unpaired) electrons. The first-order valence-corrected chi connectivity index (χ1v) is 29.0. The maximum atomic E-state index is 14.3. The van der Waals surface area contributed by atoms with Gasteiger partial charge in [-0.2, -0.15) is 5.26 Å². The Kier molecular flexibility index (Phi) is 22.3. The number of carboxylic acids is 3. The Bertz CT molecular complexity index is 3250. The molecule has 458 valence electrons. The number of fused-ring (bicyclic) bond motifs is 2. The number of halogens is 2. The quantitative estimate of drug-likeness (QED) is 0.0527.